The summed E-state index contributed by atoms with van der Waals surface area (Å²) in [5, 5.41) is 13.6. The summed E-state index contributed by atoms with van der Waals surface area (Å²) in [6, 6.07) is 12.8. The van der Waals surface area contributed by atoms with E-state index in [2.05, 4.69) is 25.5 Å². The van der Waals surface area contributed by atoms with Crippen LogP contribution in [0.25, 0.3) is 22.1 Å². The first-order valence-electron chi connectivity index (χ1n) is 8.09. The average molecular weight is 418 g/mol. The van der Waals surface area contributed by atoms with Crippen LogP contribution in [0.5, 0.6) is 0 Å². The van der Waals surface area contributed by atoms with E-state index >= 15 is 0 Å². The van der Waals surface area contributed by atoms with E-state index in [0.717, 1.165) is 16.4 Å². The molecule has 0 bridgehead atoms. The number of halogens is 2. The Morgan fingerprint density at radius 1 is 1.15 bits per heavy atom. The number of benzene rings is 2. The van der Waals surface area contributed by atoms with Gasteiger partial charge in [0.25, 0.3) is 0 Å². The second-order valence-electron chi connectivity index (χ2n) is 5.73. The maximum absolute atomic E-state index is 12.1. The topological polar surface area (TPSA) is 83.6 Å². The van der Waals surface area contributed by atoms with Gasteiger partial charge in [-0.25, -0.2) is 4.98 Å². The van der Waals surface area contributed by atoms with Crippen LogP contribution in [0, 0.1) is 0 Å². The summed E-state index contributed by atoms with van der Waals surface area (Å²) in [4.78, 5) is 19.8. The standard InChI is InChI=1S/C18H13Cl2N5OS/c19-10-5-6-14(12(20)9-10)21-15(26)7-8-27-18-23-17-16(24-25-18)11-3-1-2-4-13(11)22-17/h1-6,9H,7-8H2,(H,21,26)(H,22,23,25). The van der Waals surface area contributed by atoms with Crippen LogP contribution in [0.2, 0.25) is 10.0 Å². The van der Waals surface area contributed by atoms with Gasteiger partial charge in [0.1, 0.15) is 5.52 Å². The molecule has 0 unspecified atom stereocenters. The normalized spacial score (nSPS) is 11.2. The first-order valence-corrected chi connectivity index (χ1v) is 9.83. The van der Waals surface area contributed by atoms with Crippen molar-refractivity contribution in [1.82, 2.24) is 20.2 Å². The van der Waals surface area contributed by atoms with Crippen LogP contribution in [0.4, 0.5) is 5.69 Å². The fourth-order valence-corrected chi connectivity index (χ4v) is 3.79. The fraction of sp³-hybridized carbons (Fsp3) is 0.111. The Morgan fingerprint density at radius 2 is 2.00 bits per heavy atom. The van der Waals surface area contributed by atoms with Crippen molar-refractivity contribution in [3.8, 4) is 0 Å². The minimum absolute atomic E-state index is 0.147. The summed E-state index contributed by atoms with van der Waals surface area (Å²) in [5.74, 6) is 0.371. The van der Waals surface area contributed by atoms with Gasteiger partial charge >= 0.3 is 0 Å². The number of fused-ring (bicyclic) bond motifs is 3. The summed E-state index contributed by atoms with van der Waals surface area (Å²) in [6.07, 6.45) is 0.289. The number of aromatic amines is 1. The smallest absolute Gasteiger partial charge is 0.225 e. The molecule has 6 nitrogen and oxygen atoms in total. The van der Waals surface area contributed by atoms with E-state index in [1.54, 1.807) is 18.2 Å². The van der Waals surface area contributed by atoms with Gasteiger partial charge in [0, 0.05) is 28.1 Å². The predicted octanol–water partition coefficient (Wildman–Crippen LogP) is 4.93. The van der Waals surface area contributed by atoms with E-state index in [-0.39, 0.29) is 12.3 Å². The third-order valence-corrected chi connectivity index (χ3v) is 5.26. The SMILES string of the molecule is O=C(CCSc1nnc2c(n1)[nH]c1ccccc12)Nc1ccc(Cl)cc1Cl. The number of amides is 1. The Labute approximate surface area is 168 Å². The minimum atomic E-state index is -0.147. The number of rotatable bonds is 5. The maximum Gasteiger partial charge on any atom is 0.225 e. The van der Waals surface area contributed by atoms with Gasteiger partial charge in [-0.1, -0.05) is 53.2 Å². The lowest BCUT2D eigenvalue weighted by Gasteiger charge is -2.07. The van der Waals surface area contributed by atoms with Crippen LogP contribution in [0.1, 0.15) is 6.42 Å². The number of nitrogens with zero attached hydrogens (tertiary/aromatic N) is 3. The van der Waals surface area contributed by atoms with Gasteiger partial charge in [-0.05, 0) is 24.3 Å². The lowest BCUT2D eigenvalue weighted by atomic mass is 10.2. The zero-order chi connectivity index (χ0) is 18.8. The Morgan fingerprint density at radius 3 is 2.85 bits per heavy atom. The van der Waals surface area contributed by atoms with Crippen molar-refractivity contribution in [2.75, 3.05) is 11.1 Å². The van der Waals surface area contributed by atoms with Crippen molar-refractivity contribution in [1.29, 1.82) is 0 Å². The van der Waals surface area contributed by atoms with E-state index in [1.807, 2.05) is 24.3 Å². The van der Waals surface area contributed by atoms with Crippen molar-refractivity contribution < 1.29 is 4.79 Å². The van der Waals surface area contributed by atoms with Crippen LogP contribution in [0.15, 0.2) is 47.6 Å². The summed E-state index contributed by atoms with van der Waals surface area (Å²) in [6.45, 7) is 0. The van der Waals surface area contributed by atoms with Crippen molar-refractivity contribution in [3.05, 3.63) is 52.5 Å². The largest absolute Gasteiger partial charge is 0.338 e. The van der Waals surface area contributed by atoms with Crippen molar-refractivity contribution >= 4 is 68.6 Å². The van der Waals surface area contributed by atoms with Crippen molar-refractivity contribution in [2.24, 2.45) is 0 Å². The number of hydrogen-bond acceptors (Lipinski definition) is 5. The second kappa shape index (κ2) is 7.72. The van der Waals surface area contributed by atoms with Crippen molar-refractivity contribution in [3.63, 3.8) is 0 Å². The number of anilines is 1. The quantitative estimate of drug-likeness (QED) is 0.449. The predicted molar refractivity (Wildman–Crippen MR) is 110 cm³/mol. The monoisotopic (exact) mass is 417 g/mol. The van der Waals surface area contributed by atoms with Crippen LogP contribution in [-0.2, 0) is 4.79 Å². The molecular formula is C18H13Cl2N5OS. The Bertz CT molecular complexity index is 1150. The lowest BCUT2D eigenvalue weighted by molar-refractivity contribution is -0.115. The number of thioether (sulfide) groups is 1. The van der Waals surface area contributed by atoms with E-state index in [4.69, 9.17) is 23.2 Å². The first-order chi connectivity index (χ1) is 13.1. The van der Waals surface area contributed by atoms with Crippen LogP contribution >= 0.6 is 35.0 Å². The van der Waals surface area contributed by atoms with Gasteiger partial charge in [-0.15, -0.1) is 10.2 Å². The van der Waals surface area contributed by atoms with Gasteiger partial charge in [-0.2, -0.15) is 0 Å². The number of para-hydroxylation sites is 1. The highest BCUT2D eigenvalue weighted by atomic mass is 35.5. The Kier molecular flexibility index (Phi) is 5.15. The summed E-state index contributed by atoms with van der Waals surface area (Å²) in [7, 11) is 0. The lowest BCUT2D eigenvalue weighted by Crippen LogP contribution is -2.12. The number of carbonyl (C=O) groups excluding carboxylic acids is 1. The molecule has 9 heteroatoms. The average Bonchev–Trinajstić information content (AvgIpc) is 3.02. The van der Waals surface area contributed by atoms with E-state index in [9.17, 15) is 4.79 Å². The molecule has 4 aromatic rings. The van der Waals surface area contributed by atoms with E-state index < -0.39 is 0 Å². The molecule has 2 aromatic heterocycles. The molecule has 0 radical (unpaired) electrons. The third kappa shape index (κ3) is 4.00. The molecule has 2 aromatic carbocycles. The molecule has 27 heavy (non-hydrogen) atoms. The molecular weight excluding hydrogens is 405 g/mol. The third-order valence-electron chi connectivity index (χ3n) is 3.87. The number of hydrogen-bond donors (Lipinski definition) is 2. The van der Waals surface area contributed by atoms with Crippen molar-refractivity contribution in [2.45, 2.75) is 11.6 Å². The van der Waals surface area contributed by atoms with Gasteiger partial charge < -0.3 is 10.3 Å². The molecule has 0 saturated heterocycles. The highest BCUT2D eigenvalue weighted by Crippen LogP contribution is 2.26. The molecule has 0 spiro atoms. The van der Waals surface area contributed by atoms with Gasteiger partial charge in [0.05, 0.1) is 10.7 Å². The number of aromatic nitrogens is 4. The van der Waals surface area contributed by atoms with Crippen LogP contribution in [-0.4, -0.2) is 31.8 Å². The minimum Gasteiger partial charge on any atom is -0.338 e. The molecule has 136 valence electrons. The molecule has 0 atom stereocenters. The molecule has 0 aliphatic rings. The van der Waals surface area contributed by atoms with E-state index in [1.165, 1.54) is 11.8 Å². The maximum atomic E-state index is 12.1. The zero-order valence-electron chi connectivity index (χ0n) is 13.9. The van der Waals surface area contributed by atoms with Gasteiger partial charge in [0.2, 0.25) is 11.1 Å². The Hall–Kier alpha value is -2.35. The van der Waals surface area contributed by atoms with Gasteiger partial charge in [-0.3, -0.25) is 4.79 Å². The fourth-order valence-electron chi connectivity index (χ4n) is 2.61. The highest BCUT2D eigenvalue weighted by Gasteiger charge is 2.10. The molecule has 1 amide bonds. The molecule has 0 saturated carbocycles. The first kappa shape index (κ1) is 18.0. The summed E-state index contributed by atoms with van der Waals surface area (Å²) in [5.41, 5.74) is 2.93. The molecule has 2 heterocycles. The molecule has 0 aliphatic carbocycles. The summed E-state index contributed by atoms with van der Waals surface area (Å²) < 4.78 is 0. The number of H-pyrrole nitrogens is 1. The number of nitrogens with one attached hydrogen (secondary N) is 2. The van der Waals surface area contributed by atoms with Gasteiger partial charge in [0.15, 0.2) is 5.65 Å². The molecule has 0 aliphatic heterocycles. The molecule has 0 fully saturated rings. The van der Waals surface area contributed by atoms with Crippen LogP contribution < -0.4 is 5.32 Å². The Balaban J connectivity index is 1.38. The van der Waals surface area contributed by atoms with E-state index in [0.29, 0.717) is 32.3 Å². The summed E-state index contributed by atoms with van der Waals surface area (Å²) >= 11 is 13.3. The molecule has 2 N–H and O–H groups in total. The second-order valence-corrected chi connectivity index (χ2v) is 7.64. The van der Waals surface area contributed by atoms with Crippen LogP contribution in [0.3, 0.4) is 0 Å². The number of carbonyl (C=O) groups is 1. The highest BCUT2D eigenvalue weighted by molar-refractivity contribution is 7.99. The zero-order valence-corrected chi connectivity index (χ0v) is 16.2. The molecule has 4 rings (SSSR count).